The molecule has 180 valence electrons. The number of carbonyl (C=O) groups is 1. The van der Waals surface area contributed by atoms with Crippen molar-refractivity contribution in [2.24, 2.45) is 0 Å². The van der Waals surface area contributed by atoms with Crippen molar-refractivity contribution in [1.82, 2.24) is 10.3 Å². The molecule has 2 aromatic rings. The van der Waals surface area contributed by atoms with Gasteiger partial charge >= 0.3 is 0 Å². The minimum atomic E-state index is -0.279. The number of carbonyl (C=O) groups excluding carboxylic acids is 1. The second-order valence-electron chi connectivity index (χ2n) is 8.77. The van der Waals surface area contributed by atoms with E-state index in [0.29, 0.717) is 17.2 Å². The first-order valence-corrected chi connectivity index (χ1v) is 12.6. The van der Waals surface area contributed by atoms with Crippen LogP contribution < -0.4 is 15.4 Å². The van der Waals surface area contributed by atoms with E-state index in [1.165, 1.54) is 17.8 Å². The number of thiazole rings is 1. The van der Waals surface area contributed by atoms with Crippen molar-refractivity contribution in [3.8, 4) is 11.9 Å². The van der Waals surface area contributed by atoms with E-state index < -0.39 is 0 Å². The first-order chi connectivity index (χ1) is 16.3. The van der Waals surface area contributed by atoms with Gasteiger partial charge in [-0.25, -0.2) is 4.98 Å². The van der Waals surface area contributed by atoms with Crippen molar-refractivity contribution in [3.05, 3.63) is 51.0 Å². The number of hydrogen-bond acceptors (Lipinski definition) is 7. The maximum atomic E-state index is 12.9. The van der Waals surface area contributed by atoms with Crippen LogP contribution in [0.2, 0.25) is 0 Å². The standard InChI is InChI=1S/C26H33N5O2S/c1-5-21(11-6-16(2)33-25-18(4)34-26(31-25)20-9-10-20)30-24(32)23(15-28)17(3)29-22-12-7-19(14-27)8-13-22/h7-8,12-13,15-16,20-21,28-29H,5-6,9-11H2,1-4H3,(H,30,32)/b23-17+,28-15?/t16-,21-/m0/s1. The Bertz CT molecular complexity index is 1080. The van der Waals surface area contributed by atoms with E-state index in [0.717, 1.165) is 41.9 Å². The van der Waals surface area contributed by atoms with Gasteiger partial charge in [-0.1, -0.05) is 6.92 Å². The topological polar surface area (TPSA) is 111 Å². The van der Waals surface area contributed by atoms with Crippen molar-refractivity contribution < 1.29 is 9.53 Å². The molecule has 1 aliphatic rings. The molecule has 1 heterocycles. The number of ether oxygens (including phenoxy) is 1. The van der Waals surface area contributed by atoms with Gasteiger partial charge in [-0.15, -0.1) is 11.3 Å². The van der Waals surface area contributed by atoms with E-state index >= 15 is 0 Å². The zero-order chi connectivity index (χ0) is 24.7. The lowest BCUT2D eigenvalue weighted by atomic mass is 10.1. The molecular formula is C26H33N5O2S. The highest BCUT2D eigenvalue weighted by Gasteiger charge is 2.28. The average molecular weight is 480 g/mol. The first kappa shape index (κ1) is 25.4. The highest BCUT2D eigenvalue weighted by molar-refractivity contribution is 7.12. The van der Waals surface area contributed by atoms with Gasteiger partial charge in [-0.2, -0.15) is 5.26 Å². The van der Waals surface area contributed by atoms with Crippen LogP contribution in [0.25, 0.3) is 0 Å². The van der Waals surface area contributed by atoms with E-state index in [1.807, 2.05) is 13.8 Å². The molecule has 3 N–H and O–H groups in total. The molecule has 0 spiro atoms. The lowest BCUT2D eigenvalue weighted by Crippen LogP contribution is -2.37. The fourth-order valence-electron chi connectivity index (χ4n) is 3.60. The summed E-state index contributed by atoms with van der Waals surface area (Å²) in [6.07, 6.45) is 5.88. The summed E-state index contributed by atoms with van der Waals surface area (Å²) in [5, 5.41) is 24.1. The molecule has 1 amide bonds. The smallest absolute Gasteiger partial charge is 0.254 e. The fourth-order valence-corrected chi connectivity index (χ4v) is 4.62. The van der Waals surface area contributed by atoms with Gasteiger partial charge in [0.25, 0.3) is 5.91 Å². The number of nitrogens with zero attached hydrogens (tertiary/aromatic N) is 2. The molecule has 0 aliphatic heterocycles. The minimum Gasteiger partial charge on any atom is -0.474 e. The highest BCUT2D eigenvalue weighted by atomic mass is 32.1. The van der Waals surface area contributed by atoms with Gasteiger partial charge in [0.1, 0.15) is 5.01 Å². The Kier molecular flexibility index (Phi) is 8.83. The molecule has 7 nitrogen and oxygen atoms in total. The van der Waals surface area contributed by atoms with Crippen LogP contribution in [0.5, 0.6) is 5.88 Å². The van der Waals surface area contributed by atoms with Crippen LogP contribution in [0.4, 0.5) is 5.69 Å². The predicted octanol–water partition coefficient (Wildman–Crippen LogP) is 5.68. The number of aromatic nitrogens is 1. The zero-order valence-electron chi connectivity index (χ0n) is 20.3. The lowest BCUT2D eigenvalue weighted by molar-refractivity contribution is -0.117. The van der Waals surface area contributed by atoms with Crippen molar-refractivity contribution in [2.75, 3.05) is 5.32 Å². The number of aryl methyl sites for hydroxylation is 1. The number of allylic oxidation sites excluding steroid dienone is 1. The zero-order valence-corrected chi connectivity index (χ0v) is 21.1. The molecule has 0 radical (unpaired) electrons. The number of nitrogens with one attached hydrogen (secondary N) is 3. The van der Waals surface area contributed by atoms with Crippen LogP contribution in [-0.4, -0.2) is 29.3 Å². The molecule has 1 fully saturated rings. The summed E-state index contributed by atoms with van der Waals surface area (Å²) in [5.41, 5.74) is 2.17. The van der Waals surface area contributed by atoms with E-state index in [2.05, 4.69) is 28.6 Å². The number of amides is 1. The molecule has 1 aromatic carbocycles. The summed E-state index contributed by atoms with van der Waals surface area (Å²) in [6, 6.07) is 9.02. The number of benzene rings is 1. The van der Waals surface area contributed by atoms with Crippen LogP contribution in [0.15, 0.2) is 35.5 Å². The van der Waals surface area contributed by atoms with Gasteiger partial charge in [0, 0.05) is 29.6 Å². The Morgan fingerprint density at radius 1 is 1.35 bits per heavy atom. The lowest BCUT2D eigenvalue weighted by Gasteiger charge is -2.21. The fraction of sp³-hybridized carbons (Fsp3) is 0.462. The predicted molar refractivity (Wildman–Crippen MR) is 137 cm³/mol. The third-order valence-corrected chi connectivity index (χ3v) is 7.01. The number of hydrogen-bond donors (Lipinski definition) is 3. The van der Waals surface area contributed by atoms with Crippen LogP contribution >= 0.6 is 11.3 Å². The van der Waals surface area contributed by atoms with Crippen molar-refractivity contribution in [3.63, 3.8) is 0 Å². The van der Waals surface area contributed by atoms with Gasteiger partial charge in [0.2, 0.25) is 5.88 Å². The Morgan fingerprint density at radius 3 is 2.65 bits per heavy atom. The molecule has 34 heavy (non-hydrogen) atoms. The summed E-state index contributed by atoms with van der Waals surface area (Å²) in [6.45, 7) is 7.90. The highest BCUT2D eigenvalue weighted by Crippen LogP contribution is 2.44. The van der Waals surface area contributed by atoms with Gasteiger partial charge in [0.05, 0.1) is 28.2 Å². The van der Waals surface area contributed by atoms with E-state index in [4.69, 9.17) is 15.4 Å². The number of anilines is 1. The minimum absolute atomic E-state index is 0.00339. The Morgan fingerprint density at radius 2 is 2.06 bits per heavy atom. The normalized spacial score (nSPS) is 15.5. The van der Waals surface area contributed by atoms with E-state index in [-0.39, 0.29) is 23.6 Å². The molecular weight excluding hydrogens is 446 g/mol. The van der Waals surface area contributed by atoms with Gasteiger partial charge in [0.15, 0.2) is 0 Å². The average Bonchev–Trinajstić information content (AvgIpc) is 3.61. The van der Waals surface area contributed by atoms with Crippen molar-refractivity contribution in [1.29, 1.82) is 10.7 Å². The summed E-state index contributed by atoms with van der Waals surface area (Å²) < 4.78 is 6.10. The molecule has 0 bridgehead atoms. The Balaban J connectivity index is 1.53. The maximum Gasteiger partial charge on any atom is 0.254 e. The molecule has 1 aromatic heterocycles. The van der Waals surface area contributed by atoms with Crippen LogP contribution in [-0.2, 0) is 4.79 Å². The summed E-state index contributed by atoms with van der Waals surface area (Å²) >= 11 is 1.74. The quantitative estimate of drug-likeness (QED) is 0.268. The second kappa shape index (κ2) is 11.8. The molecule has 2 atom stereocenters. The van der Waals surface area contributed by atoms with Crippen molar-refractivity contribution in [2.45, 2.75) is 77.9 Å². The third-order valence-electron chi connectivity index (χ3n) is 5.90. The maximum absolute atomic E-state index is 12.9. The summed E-state index contributed by atoms with van der Waals surface area (Å²) in [5.74, 6) is 1.09. The van der Waals surface area contributed by atoms with Gasteiger partial charge in [-0.05, 0) is 77.1 Å². The molecule has 0 unspecified atom stereocenters. The van der Waals surface area contributed by atoms with Crippen molar-refractivity contribution >= 4 is 29.1 Å². The van der Waals surface area contributed by atoms with Gasteiger partial charge < -0.3 is 20.8 Å². The number of rotatable bonds is 12. The second-order valence-corrected chi connectivity index (χ2v) is 10.0. The molecule has 0 saturated heterocycles. The molecule has 1 aliphatic carbocycles. The van der Waals surface area contributed by atoms with Crippen LogP contribution in [0, 0.1) is 23.7 Å². The number of nitriles is 1. The van der Waals surface area contributed by atoms with E-state index in [1.54, 1.807) is 42.5 Å². The van der Waals surface area contributed by atoms with E-state index in [9.17, 15) is 4.79 Å². The summed E-state index contributed by atoms with van der Waals surface area (Å²) in [7, 11) is 0. The summed E-state index contributed by atoms with van der Waals surface area (Å²) in [4.78, 5) is 18.7. The largest absolute Gasteiger partial charge is 0.474 e. The molecule has 1 saturated carbocycles. The first-order valence-electron chi connectivity index (χ1n) is 11.8. The molecule has 8 heteroatoms. The van der Waals surface area contributed by atoms with Crippen LogP contribution in [0.3, 0.4) is 0 Å². The van der Waals surface area contributed by atoms with Gasteiger partial charge in [-0.3, -0.25) is 4.79 Å². The monoisotopic (exact) mass is 479 g/mol. The molecule has 3 rings (SSSR count). The third kappa shape index (κ3) is 6.91. The van der Waals surface area contributed by atoms with Crippen LogP contribution in [0.1, 0.15) is 74.2 Å². The Labute approximate surface area is 205 Å². The Hall–Kier alpha value is -3.18. The SMILES string of the molecule is CC[C@@H](CC[C@H](C)Oc1nc(C2CC2)sc1C)NC(=O)/C(C=N)=C(\C)Nc1ccc(C#N)cc1.